The number of likely N-dealkylation sites (tertiary alicyclic amines) is 1. The lowest BCUT2D eigenvalue weighted by molar-refractivity contribution is -0.136. The van der Waals surface area contributed by atoms with Crippen LogP contribution >= 0.6 is 0 Å². The van der Waals surface area contributed by atoms with E-state index in [1.807, 2.05) is 0 Å². The molecule has 110 valence electrons. The Morgan fingerprint density at radius 3 is 2.75 bits per heavy atom. The van der Waals surface area contributed by atoms with E-state index in [1.165, 1.54) is 6.26 Å². The first-order valence-corrected chi connectivity index (χ1v) is 8.80. The molecule has 1 aliphatic carbocycles. The summed E-state index contributed by atoms with van der Waals surface area (Å²) in [7, 11) is -3.25. The van der Waals surface area contributed by atoms with Crippen LogP contribution in [0.25, 0.3) is 0 Å². The number of hydrogen-bond acceptors (Lipinski definition) is 4. The van der Waals surface area contributed by atoms with Gasteiger partial charge >= 0.3 is 0 Å². The highest BCUT2D eigenvalue weighted by atomic mass is 32.2. The van der Waals surface area contributed by atoms with Gasteiger partial charge in [0.25, 0.3) is 0 Å². The molecule has 2 fully saturated rings. The third kappa shape index (κ3) is 2.61. The van der Waals surface area contributed by atoms with E-state index in [0.29, 0.717) is 25.3 Å². The van der Waals surface area contributed by atoms with Gasteiger partial charge in [-0.3, -0.25) is 4.79 Å². The van der Waals surface area contributed by atoms with Crippen molar-refractivity contribution in [3.8, 4) is 0 Å². The van der Waals surface area contributed by atoms with E-state index < -0.39 is 15.1 Å². The van der Waals surface area contributed by atoms with E-state index in [-0.39, 0.29) is 17.6 Å². The van der Waals surface area contributed by atoms with Gasteiger partial charge in [-0.15, -0.1) is 0 Å². The van der Waals surface area contributed by atoms with Gasteiger partial charge in [0.1, 0.15) is 11.5 Å². The summed E-state index contributed by atoms with van der Waals surface area (Å²) in [5.74, 6) is 0.679. The number of hydrogen-bond donors (Lipinski definition) is 0. The molecule has 0 unspecified atom stereocenters. The van der Waals surface area contributed by atoms with Gasteiger partial charge in [-0.25, -0.2) is 8.42 Å². The molecule has 1 saturated heterocycles. The Morgan fingerprint density at radius 2 is 2.15 bits per heavy atom. The molecule has 0 radical (unpaired) electrons. The third-order valence-corrected chi connectivity index (χ3v) is 6.43. The van der Waals surface area contributed by atoms with E-state index in [2.05, 4.69) is 0 Å². The SMILES string of the molecule is O=C(C1CCC1)N1CC[C@H](S(=O)(=O)Cc2ccco2)C1. The summed E-state index contributed by atoms with van der Waals surface area (Å²) in [4.78, 5) is 13.9. The second-order valence-electron chi connectivity index (χ2n) is 5.71. The van der Waals surface area contributed by atoms with Crippen molar-refractivity contribution in [2.75, 3.05) is 13.1 Å². The second-order valence-corrected chi connectivity index (χ2v) is 7.99. The second kappa shape index (κ2) is 5.24. The van der Waals surface area contributed by atoms with Gasteiger partial charge in [-0.05, 0) is 31.4 Å². The average Bonchev–Trinajstić information content (AvgIpc) is 2.95. The minimum atomic E-state index is -3.25. The lowest BCUT2D eigenvalue weighted by atomic mass is 9.84. The molecule has 1 aromatic rings. The lowest BCUT2D eigenvalue weighted by Gasteiger charge is -2.29. The Balaban J connectivity index is 1.62. The smallest absolute Gasteiger partial charge is 0.225 e. The van der Waals surface area contributed by atoms with Crippen LogP contribution in [0.1, 0.15) is 31.4 Å². The molecule has 1 atom stereocenters. The molecular weight excluding hydrogens is 278 g/mol. The summed E-state index contributed by atoms with van der Waals surface area (Å²) in [5, 5.41) is -0.448. The van der Waals surface area contributed by atoms with Gasteiger partial charge in [0.2, 0.25) is 5.91 Å². The van der Waals surface area contributed by atoms with Crippen LogP contribution in [-0.2, 0) is 20.4 Å². The quantitative estimate of drug-likeness (QED) is 0.846. The minimum absolute atomic E-state index is 0.0733. The van der Waals surface area contributed by atoms with Crippen molar-refractivity contribution in [2.45, 2.75) is 36.7 Å². The fourth-order valence-corrected chi connectivity index (χ4v) is 4.51. The van der Waals surface area contributed by atoms with Gasteiger partial charge in [0, 0.05) is 19.0 Å². The molecule has 2 aliphatic rings. The van der Waals surface area contributed by atoms with Crippen LogP contribution in [-0.4, -0.2) is 37.6 Å². The van der Waals surface area contributed by atoms with Crippen LogP contribution in [0.5, 0.6) is 0 Å². The van der Waals surface area contributed by atoms with Crippen molar-refractivity contribution in [2.24, 2.45) is 5.92 Å². The van der Waals surface area contributed by atoms with Gasteiger partial charge in [0.05, 0.1) is 11.5 Å². The van der Waals surface area contributed by atoms with Crippen molar-refractivity contribution in [3.05, 3.63) is 24.2 Å². The normalized spacial score (nSPS) is 23.8. The van der Waals surface area contributed by atoms with Crippen LogP contribution in [0.2, 0.25) is 0 Å². The number of carbonyl (C=O) groups excluding carboxylic acids is 1. The molecule has 6 heteroatoms. The van der Waals surface area contributed by atoms with E-state index in [9.17, 15) is 13.2 Å². The maximum absolute atomic E-state index is 12.3. The molecule has 20 heavy (non-hydrogen) atoms. The molecule has 5 nitrogen and oxygen atoms in total. The Bertz CT molecular complexity index is 574. The first-order chi connectivity index (χ1) is 9.56. The van der Waals surface area contributed by atoms with Gasteiger partial charge in [0.15, 0.2) is 9.84 Å². The summed E-state index contributed by atoms with van der Waals surface area (Å²) in [6.45, 7) is 0.912. The molecule has 1 amide bonds. The summed E-state index contributed by atoms with van der Waals surface area (Å²) >= 11 is 0. The first-order valence-electron chi connectivity index (χ1n) is 7.09. The first kappa shape index (κ1) is 13.7. The Morgan fingerprint density at radius 1 is 1.35 bits per heavy atom. The van der Waals surface area contributed by atoms with Crippen LogP contribution in [0, 0.1) is 5.92 Å². The predicted octanol–water partition coefficient (Wildman–Crippen LogP) is 1.60. The standard InChI is InChI=1S/C14H19NO4S/c16-14(11-3-1-4-11)15-7-6-13(9-15)20(17,18)10-12-5-2-8-19-12/h2,5,8,11,13H,1,3-4,6-7,9-10H2/t13-/m0/s1. The molecule has 1 aliphatic heterocycles. The average molecular weight is 297 g/mol. The van der Waals surface area contributed by atoms with Gasteiger partial charge < -0.3 is 9.32 Å². The van der Waals surface area contributed by atoms with Crippen LogP contribution in [0.4, 0.5) is 0 Å². The maximum Gasteiger partial charge on any atom is 0.225 e. The highest BCUT2D eigenvalue weighted by molar-refractivity contribution is 7.91. The van der Waals surface area contributed by atoms with Crippen molar-refractivity contribution in [1.29, 1.82) is 0 Å². The van der Waals surface area contributed by atoms with E-state index in [0.717, 1.165) is 19.3 Å². The summed E-state index contributed by atoms with van der Waals surface area (Å²) in [6, 6.07) is 3.36. The Kier molecular flexibility index (Phi) is 3.58. The third-order valence-electron chi connectivity index (χ3n) is 4.34. The largest absolute Gasteiger partial charge is 0.468 e. The number of nitrogens with zero attached hydrogens (tertiary/aromatic N) is 1. The number of rotatable bonds is 4. The van der Waals surface area contributed by atoms with Crippen molar-refractivity contribution in [3.63, 3.8) is 0 Å². The number of amides is 1. The molecule has 0 bridgehead atoms. The topological polar surface area (TPSA) is 67.6 Å². The Hall–Kier alpha value is -1.30. The maximum atomic E-state index is 12.3. The van der Waals surface area contributed by atoms with Crippen molar-refractivity contribution < 1.29 is 17.6 Å². The number of carbonyl (C=O) groups is 1. The monoisotopic (exact) mass is 297 g/mol. The summed E-state index contributed by atoms with van der Waals surface area (Å²) in [6.07, 6.45) is 5.05. The zero-order valence-electron chi connectivity index (χ0n) is 11.3. The summed E-state index contributed by atoms with van der Waals surface area (Å²) in [5.41, 5.74) is 0. The molecule has 0 N–H and O–H groups in total. The molecular formula is C14H19NO4S. The minimum Gasteiger partial charge on any atom is -0.468 e. The van der Waals surface area contributed by atoms with Crippen LogP contribution in [0.15, 0.2) is 22.8 Å². The highest BCUT2D eigenvalue weighted by Crippen LogP contribution is 2.30. The fourth-order valence-electron chi connectivity index (χ4n) is 2.85. The summed E-state index contributed by atoms with van der Waals surface area (Å²) < 4.78 is 29.8. The molecule has 0 aromatic carbocycles. The van der Waals surface area contributed by atoms with Crippen molar-refractivity contribution >= 4 is 15.7 Å². The lowest BCUT2D eigenvalue weighted by Crippen LogP contribution is -2.38. The number of sulfone groups is 1. The molecule has 3 rings (SSSR count). The molecule has 1 saturated carbocycles. The van der Waals surface area contributed by atoms with Crippen molar-refractivity contribution in [1.82, 2.24) is 4.90 Å². The zero-order valence-corrected chi connectivity index (χ0v) is 12.1. The fraction of sp³-hybridized carbons (Fsp3) is 0.643. The van der Waals surface area contributed by atoms with Crippen LogP contribution < -0.4 is 0 Å². The predicted molar refractivity (Wildman–Crippen MR) is 73.7 cm³/mol. The highest BCUT2D eigenvalue weighted by Gasteiger charge is 2.38. The number of furan rings is 1. The molecule has 1 aromatic heterocycles. The van der Waals surface area contributed by atoms with E-state index in [4.69, 9.17) is 4.42 Å². The van der Waals surface area contributed by atoms with Gasteiger partial charge in [-0.1, -0.05) is 6.42 Å². The molecule has 2 heterocycles. The Labute approximate surface area is 118 Å². The van der Waals surface area contributed by atoms with E-state index in [1.54, 1.807) is 17.0 Å². The molecule has 0 spiro atoms. The van der Waals surface area contributed by atoms with Crippen LogP contribution in [0.3, 0.4) is 0 Å². The van der Waals surface area contributed by atoms with Gasteiger partial charge in [-0.2, -0.15) is 0 Å². The van der Waals surface area contributed by atoms with E-state index >= 15 is 0 Å². The zero-order chi connectivity index (χ0) is 14.2.